The fourth-order valence-corrected chi connectivity index (χ4v) is 3.35. The molecule has 1 aliphatic heterocycles. The summed E-state index contributed by atoms with van der Waals surface area (Å²) in [5.74, 6) is 1.57. The average Bonchev–Trinajstić information content (AvgIpc) is 2.64. The third-order valence-corrected chi connectivity index (χ3v) is 4.85. The number of aliphatic imine (C=N–C) groups is 1. The lowest BCUT2D eigenvalue weighted by atomic mass is 9.93. The molecule has 0 bridgehead atoms. The highest BCUT2D eigenvalue weighted by Crippen LogP contribution is 2.20. The molecule has 1 aromatic rings. The van der Waals surface area contributed by atoms with E-state index in [1.54, 1.807) is 7.05 Å². The molecule has 6 nitrogen and oxygen atoms in total. The van der Waals surface area contributed by atoms with Crippen LogP contribution < -0.4 is 10.6 Å². The Balaban J connectivity index is 1.80. The second kappa shape index (κ2) is 10.2. The maximum absolute atomic E-state index is 11.5. The molecule has 0 saturated carbocycles. The zero-order valence-electron chi connectivity index (χ0n) is 16.6. The molecule has 2 rings (SSSR count). The summed E-state index contributed by atoms with van der Waals surface area (Å²) in [6, 6.07) is 8.72. The Labute approximate surface area is 157 Å². The Kier molecular flexibility index (Phi) is 7.91. The number of benzene rings is 1. The molecule has 1 aliphatic rings. The largest absolute Gasteiger partial charge is 0.359 e. The van der Waals surface area contributed by atoms with Crippen molar-refractivity contribution in [2.45, 2.75) is 32.4 Å². The fraction of sp³-hybridized carbons (Fsp3) is 0.600. The van der Waals surface area contributed by atoms with E-state index in [1.165, 1.54) is 11.1 Å². The Hall–Kier alpha value is -2.08. The Morgan fingerprint density at radius 3 is 2.35 bits per heavy atom. The summed E-state index contributed by atoms with van der Waals surface area (Å²) in [7, 11) is 7.70. The second-order valence-electron chi connectivity index (χ2n) is 7.26. The smallest absolute Gasteiger partial charge is 0.220 e. The molecule has 1 saturated heterocycles. The lowest BCUT2D eigenvalue weighted by Crippen LogP contribution is -2.45. The predicted molar refractivity (Wildman–Crippen MR) is 107 cm³/mol. The third-order valence-electron chi connectivity index (χ3n) is 4.85. The van der Waals surface area contributed by atoms with Crippen molar-refractivity contribution < 1.29 is 4.79 Å². The summed E-state index contributed by atoms with van der Waals surface area (Å²) >= 11 is 0. The van der Waals surface area contributed by atoms with Gasteiger partial charge in [-0.3, -0.25) is 9.79 Å². The van der Waals surface area contributed by atoms with E-state index >= 15 is 0 Å². The number of carbonyl (C=O) groups is 1. The molecule has 0 atom stereocenters. The van der Waals surface area contributed by atoms with Crippen LogP contribution >= 0.6 is 0 Å². The Morgan fingerprint density at radius 1 is 1.19 bits per heavy atom. The van der Waals surface area contributed by atoms with Gasteiger partial charge in [0.1, 0.15) is 0 Å². The molecule has 0 radical (unpaired) electrons. The molecule has 26 heavy (non-hydrogen) atoms. The van der Waals surface area contributed by atoms with Crippen LogP contribution in [-0.2, 0) is 17.9 Å². The van der Waals surface area contributed by atoms with Gasteiger partial charge in [0, 0.05) is 46.7 Å². The van der Waals surface area contributed by atoms with Crippen LogP contribution in [0.1, 0.15) is 30.4 Å². The highest BCUT2D eigenvalue weighted by Gasteiger charge is 2.22. The first kappa shape index (κ1) is 20.2. The molecule has 0 aromatic heterocycles. The van der Waals surface area contributed by atoms with Crippen LogP contribution in [0.15, 0.2) is 29.3 Å². The maximum Gasteiger partial charge on any atom is 0.220 e. The van der Waals surface area contributed by atoms with Crippen molar-refractivity contribution in [3.8, 4) is 0 Å². The van der Waals surface area contributed by atoms with Gasteiger partial charge in [-0.1, -0.05) is 24.3 Å². The van der Waals surface area contributed by atoms with Gasteiger partial charge in [-0.15, -0.1) is 0 Å². The minimum atomic E-state index is 0.142. The first-order valence-electron chi connectivity index (χ1n) is 9.40. The van der Waals surface area contributed by atoms with Gasteiger partial charge in [0.05, 0.1) is 0 Å². The van der Waals surface area contributed by atoms with Crippen LogP contribution in [0.3, 0.4) is 0 Å². The van der Waals surface area contributed by atoms with E-state index in [9.17, 15) is 4.79 Å². The highest BCUT2D eigenvalue weighted by atomic mass is 16.1. The summed E-state index contributed by atoms with van der Waals surface area (Å²) in [5.41, 5.74) is 2.57. The van der Waals surface area contributed by atoms with Crippen molar-refractivity contribution in [1.82, 2.24) is 20.4 Å². The maximum atomic E-state index is 11.5. The predicted octanol–water partition coefficient (Wildman–Crippen LogP) is 1.67. The van der Waals surface area contributed by atoms with Crippen molar-refractivity contribution in [1.29, 1.82) is 0 Å². The fourth-order valence-electron chi connectivity index (χ4n) is 3.35. The molecule has 1 fully saturated rings. The standard InChI is InChI=1S/C20H33N5O/c1-21-19(26)13-16-9-11-25(12-10-16)20(22-2)23-14-17-5-7-18(8-6-17)15-24(3)4/h5-8,16H,9-15H2,1-4H3,(H,21,26)(H,22,23). The molecular weight excluding hydrogens is 326 g/mol. The third kappa shape index (κ3) is 6.33. The Bertz CT molecular complexity index is 589. The van der Waals surface area contributed by atoms with Crippen molar-refractivity contribution in [2.24, 2.45) is 10.9 Å². The molecule has 6 heteroatoms. The molecule has 1 heterocycles. The van der Waals surface area contributed by atoms with Crippen LogP contribution in [0.4, 0.5) is 0 Å². The second-order valence-corrected chi connectivity index (χ2v) is 7.26. The normalized spacial score (nSPS) is 16.0. The van der Waals surface area contributed by atoms with Gasteiger partial charge >= 0.3 is 0 Å². The van der Waals surface area contributed by atoms with Crippen LogP contribution in [-0.4, -0.2) is 62.9 Å². The average molecular weight is 360 g/mol. The number of rotatable bonds is 6. The van der Waals surface area contributed by atoms with Gasteiger partial charge in [-0.05, 0) is 44.0 Å². The van der Waals surface area contributed by atoms with E-state index in [0.29, 0.717) is 12.3 Å². The van der Waals surface area contributed by atoms with Gasteiger partial charge in [-0.2, -0.15) is 0 Å². The van der Waals surface area contributed by atoms with Crippen LogP contribution in [0, 0.1) is 5.92 Å². The van der Waals surface area contributed by atoms with Gasteiger partial charge in [-0.25, -0.2) is 0 Å². The van der Waals surface area contributed by atoms with E-state index in [2.05, 4.69) is 63.8 Å². The number of carbonyl (C=O) groups excluding carboxylic acids is 1. The van der Waals surface area contributed by atoms with Crippen LogP contribution in [0.5, 0.6) is 0 Å². The molecule has 1 amide bonds. The summed E-state index contributed by atoms with van der Waals surface area (Å²) in [6.45, 7) is 3.62. The topological polar surface area (TPSA) is 60.0 Å². The molecular formula is C20H33N5O. The van der Waals surface area contributed by atoms with Gasteiger partial charge in [0.25, 0.3) is 0 Å². The molecule has 144 valence electrons. The molecule has 0 spiro atoms. The SMILES string of the molecule is CN=C(NCc1ccc(CN(C)C)cc1)N1CCC(CC(=O)NC)CC1. The first-order valence-corrected chi connectivity index (χ1v) is 9.40. The molecule has 0 unspecified atom stereocenters. The minimum absolute atomic E-state index is 0.142. The number of hydrogen-bond acceptors (Lipinski definition) is 3. The quantitative estimate of drug-likeness (QED) is 0.599. The first-order chi connectivity index (χ1) is 12.5. The number of guanidine groups is 1. The Morgan fingerprint density at radius 2 is 1.81 bits per heavy atom. The van der Waals surface area contributed by atoms with Crippen molar-refractivity contribution in [2.75, 3.05) is 41.3 Å². The molecule has 2 N–H and O–H groups in total. The van der Waals surface area contributed by atoms with Gasteiger partial charge < -0.3 is 20.4 Å². The van der Waals surface area contributed by atoms with E-state index in [0.717, 1.165) is 45.0 Å². The summed E-state index contributed by atoms with van der Waals surface area (Å²) in [5, 5.41) is 6.19. The van der Waals surface area contributed by atoms with Crippen molar-refractivity contribution in [3.63, 3.8) is 0 Å². The number of amides is 1. The lowest BCUT2D eigenvalue weighted by molar-refractivity contribution is -0.121. The number of piperidine rings is 1. The highest BCUT2D eigenvalue weighted by molar-refractivity contribution is 5.80. The zero-order valence-corrected chi connectivity index (χ0v) is 16.6. The molecule has 0 aliphatic carbocycles. The van der Waals surface area contributed by atoms with E-state index < -0.39 is 0 Å². The van der Waals surface area contributed by atoms with E-state index in [4.69, 9.17) is 0 Å². The van der Waals surface area contributed by atoms with Crippen molar-refractivity contribution >= 4 is 11.9 Å². The van der Waals surface area contributed by atoms with Crippen LogP contribution in [0.2, 0.25) is 0 Å². The van der Waals surface area contributed by atoms with Crippen LogP contribution in [0.25, 0.3) is 0 Å². The number of hydrogen-bond donors (Lipinski definition) is 2. The van der Waals surface area contributed by atoms with E-state index in [-0.39, 0.29) is 5.91 Å². The summed E-state index contributed by atoms with van der Waals surface area (Å²) in [6.07, 6.45) is 2.70. The van der Waals surface area contributed by atoms with Gasteiger partial charge in [0.2, 0.25) is 5.91 Å². The molecule has 1 aromatic carbocycles. The van der Waals surface area contributed by atoms with E-state index in [1.807, 2.05) is 7.05 Å². The lowest BCUT2D eigenvalue weighted by Gasteiger charge is -2.34. The van der Waals surface area contributed by atoms with Gasteiger partial charge in [0.15, 0.2) is 5.96 Å². The monoisotopic (exact) mass is 359 g/mol. The summed E-state index contributed by atoms with van der Waals surface area (Å²) in [4.78, 5) is 20.4. The number of nitrogens with zero attached hydrogens (tertiary/aromatic N) is 3. The summed E-state index contributed by atoms with van der Waals surface area (Å²) < 4.78 is 0. The minimum Gasteiger partial charge on any atom is -0.359 e. The zero-order chi connectivity index (χ0) is 18.9. The number of likely N-dealkylation sites (tertiary alicyclic amines) is 1. The number of nitrogens with one attached hydrogen (secondary N) is 2. The van der Waals surface area contributed by atoms with Crippen molar-refractivity contribution in [3.05, 3.63) is 35.4 Å².